The Balaban J connectivity index is 1.71. The summed E-state index contributed by atoms with van der Waals surface area (Å²) in [5, 5.41) is 1.45. The Hall–Kier alpha value is -1.75. The van der Waals surface area contributed by atoms with E-state index in [2.05, 4.69) is 0 Å². The Kier molecular flexibility index (Phi) is 5.03. The molecule has 0 aliphatic carbocycles. The highest BCUT2D eigenvalue weighted by molar-refractivity contribution is 5.75. The highest BCUT2D eigenvalue weighted by Gasteiger charge is 2.17. The molecule has 5 nitrogen and oxygen atoms in total. The number of ether oxygens (including phenoxy) is 2. The number of nitrogens with zero attached hydrogens (tertiary/aromatic N) is 1. The van der Waals surface area contributed by atoms with E-state index in [0.29, 0.717) is 26.2 Å². The lowest BCUT2D eigenvalue weighted by molar-refractivity contribution is -0.197. The van der Waals surface area contributed by atoms with E-state index in [-0.39, 0.29) is 5.91 Å². The number of hydrogen-bond acceptors (Lipinski definition) is 4. The van der Waals surface area contributed by atoms with Crippen LogP contribution in [0.3, 0.4) is 0 Å². The first-order valence-corrected chi connectivity index (χ1v) is 6.50. The van der Waals surface area contributed by atoms with Gasteiger partial charge in [0.15, 0.2) is 0 Å². The van der Waals surface area contributed by atoms with Crippen molar-refractivity contribution >= 4 is 5.91 Å². The lowest BCUT2D eigenvalue weighted by atomic mass is 10.3. The topological polar surface area (TPSA) is 48.0 Å². The molecule has 0 bridgehead atoms. The van der Waals surface area contributed by atoms with Crippen LogP contribution in [0.15, 0.2) is 24.3 Å². The number of carbonyl (C=O) groups is 1. The molecule has 1 saturated heterocycles. The predicted molar refractivity (Wildman–Crippen MR) is 70.0 cm³/mol. The van der Waals surface area contributed by atoms with Gasteiger partial charge >= 0.3 is 0 Å². The summed E-state index contributed by atoms with van der Waals surface area (Å²) in [5.41, 5.74) is 0. The molecule has 1 aliphatic heterocycles. The average molecular weight is 265 g/mol. The van der Waals surface area contributed by atoms with E-state index in [0.717, 1.165) is 24.3 Å². The van der Waals surface area contributed by atoms with Crippen molar-refractivity contribution in [1.82, 2.24) is 5.06 Å². The monoisotopic (exact) mass is 265 g/mol. The molecule has 1 fully saturated rings. The molecule has 0 spiro atoms. The number of rotatable bonds is 5. The molecule has 2 rings (SSSR count). The molecule has 1 heterocycles. The van der Waals surface area contributed by atoms with Crippen molar-refractivity contribution in [2.24, 2.45) is 0 Å². The van der Waals surface area contributed by atoms with Gasteiger partial charge in [0, 0.05) is 6.54 Å². The van der Waals surface area contributed by atoms with Gasteiger partial charge < -0.3 is 9.47 Å². The minimum atomic E-state index is -0.0202. The van der Waals surface area contributed by atoms with Crippen LogP contribution in [0, 0.1) is 0 Å². The number of methoxy groups -OCH3 is 1. The fraction of sp³-hybridized carbons (Fsp3) is 0.500. The third-order valence-corrected chi connectivity index (χ3v) is 2.92. The van der Waals surface area contributed by atoms with Crippen LogP contribution >= 0.6 is 0 Å². The fourth-order valence-corrected chi connectivity index (χ4v) is 1.85. The lowest BCUT2D eigenvalue weighted by Crippen LogP contribution is -2.36. The first-order valence-electron chi connectivity index (χ1n) is 6.50. The third-order valence-electron chi connectivity index (χ3n) is 2.92. The van der Waals surface area contributed by atoms with Crippen molar-refractivity contribution in [3.05, 3.63) is 24.3 Å². The van der Waals surface area contributed by atoms with E-state index in [1.807, 2.05) is 24.3 Å². The standard InChI is InChI=1S/C14H19NO4/c1-17-12-4-6-13(7-5-12)18-11-8-14(16)15-9-2-3-10-19-15/h4-7H,2-3,8-11H2,1H3. The summed E-state index contributed by atoms with van der Waals surface area (Å²) in [6.45, 7) is 1.66. The lowest BCUT2D eigenvalue weighted by Gasteiger charge is -2.25. The van der Waals surface area contributed by atoms with Crippen molar-refractivity contribution < 1.29 is 19.1 Å². The van der Waals surface area contributed by atoms with Crippen molar-refractivity contribution in [3.63, 3.8) is 0 Å². The number of benzene rings is 1. The number of hydrogen-bond donors (Lipinski definition) is 0. The highest BCUT2D eigenvalue weighted by Crippen LogP contribution is 2.17. The molecular weight excluding hydrogens is 246 g/mol. The van der Waals surface area contributed by atoms with Gasteiger partial charge in [0.1, 0.15) is 11.5 Å². The molecule has 1 amide bonds. The maximum absolute atomic E-state index is 11.8. The van der Waals surface area contributed by atoms with Gasteiger partial charge in [-0.05, 0) is 37.1 Å². The summed E-state index contributed by atoms with van der Waals surface area (Å²) in [4.78, 5) is 17.1. The van der Waals surface area contributed by atoms with Crippen molar-refractivity contribution in [2.45, 2.75) is 19.3 Å². The minimum absolute atomic E-state index is 0.0202. The summed E-state index contributed by atoms with van der Waals surface area (Å²) in [6, 6.07) is 7.29. The highest BCUT2D eigenvalue weighted by atomic mass is 16.7. The minimum Gasteiger partial charge on any atom is -0.497 e. The van der Waals surface area contributed by atoms with Gasteiger partial charge in [0.2, 0.25) is 5.91 Å². The zero-order valence-electron chi connectivity index (χ0n) is 11.1. The maximum Gasteiger partial charge on any atom is 0.249 e. The predicted octanol–water partition coefficient (Wildman–Crippen LogP) is 2.02. The summed E-state index contributed by atoms with van der Waals surface area (Å²) >= 11 is 0. The molecule has 0 saturated carbocycles. The Morgan fingerprint density at radius 1 is 1.26 bits per heavy atom. The van der Waals surface area contributed by atoms with E-state index < -0.39 is 0 Å². The van der Waals surface area contributed by atoms with Crippen LogP contribution in [0.4, 0.5) is 0 Å². The zero-order chi connectivity index (χ0) is 13.5. The largest absolute Gasteiger partial charge is 0.497 e. The van der Waals surface area contributed by atoms with Crippen molar-refractivity contribution in [3.8, 4) is 11.5 Å². The van der Waals surface area contributed by atoms with Crippen LogP contribution in [0.5, 0.6) is 11.5 Å². The van der Waals surface area contributed by atoms with E-state index in [1.54, 1.807) is 7.11 Å². The second-order valence-corrected chi connectivity index (χ2v) is 4.31. The number of hydroxylamine groups is 2. The van der Waals surface area contributed by atoms with Crippen LogP contribution in [0.1, 0.15) is 19.3 Å². The van der Waals surface area contributed by atoms with Crippen molar-refractivity contribution in [2.75, 3.05) is 26.9 Å². The van der Waals surface area contributed by atoms with Gasteiger partial charge in [0.25, 0.3) is 0 Å². The number of amides is 1. The molecule has 19 heavy (non-hydrogen) atoms. The summed E-state index contributed by atoms with van der Waals surface area (Å²) < 4.78 is 10.6. The normalized spacial score (nSPS) is 15.1. The van der Waals surface area contributed by atoms with Gasteiger partial charge in [-0.25, -0.2) is 5.06 Å². The summed E-state index contributed by atoms with van der Waals surface area (Å²) in [6.07, 6.45) is 2.35. The second kappa shape index (κ2) is 6.99. The molecule has 0 unspecified atom stereocenters. The molecular formula is C14H19NO4. The second-order valence-electron chi connectivity index (χ2n) is 4.31. The van der Waals surface area contributed by atoms with Crippen LogP contribution in [0.2, 0.25) is 0 Å². The average Bonchev–Trinajstić information content (AvgIpc) is 2.49. The van der Waals surface area contributed by atoms with E-state index in [1.165, 1.54) is 5.06 Å². The molecule has 1 aromatic carbocycles. The smallest absolute Gasteiger partial charge is 0.249 e. The van der Waals surface area contributed by atoms with Gasteiger partial charge in [-0.1, -0.05) is 0 Å². The first kappa shape index (κ1) is 13.7. The summed E-state index contributed by atoms with van der Waals surface area (Å²) in [5.74, 6) is 1.49. The third kappa shape index (κ3) is 4.13. The van der Waals surface area contributed by atoms with E-state index in [4.69, 9.17) is 14.3 Å². The fourth-order valence-electron chi connectivity index (χ4n) is 1.85. The van der Waals surface area contributed by atoms with Crippen molar-refractivity contribution in [1.29, 1.82) is 0 Å². The van der Waals surface area contributed by atoms with Crippen LogP contribution in [-0.4, -0.2) is 37.8 Å². The molecule has 0 N–H and O–H groups in total. The Morgan fingerprint density at radius 3 is 2.63 bits per heavy atom. The Bertz CT molecular complexity index is 398. The number of carbonyl (C=O) groups excluding carboxylic acids is 1. The van der Waals surface area contributed by atoms with Gasteiger partial charge in [0.05, 0.1) is 26.7 Å². The van der Waals surface area contributed by atoms with E-state index >= 15 is 0 Å². The molecule has 104 valence electrons. The Morgan fingerprint density at radius 2 is 2.00 bits per heavy atom. The van der Waals surface area contributed by atoms with Gasteiger partial charge in [-0.3, -0.25) is 9.63 Å². The maximum atomic E-state index is 11.8. The molecule has 5 heteroatoms. The summed E-state index contributed by atoms with van der Waals surface area (Å²) in [7, 11) is 1.62. The van der Waals surface area contributed by atoms with Gasteiger partial charge in [-0.15, -0.1) is 0 Å². The molecule has 0 aromatic heterocycles. The molecule has 0 atom stereocenters. The molecule has 0 radical (unpaired) electrons. The quantitative estimate of drug-likeness (QED) is 0.817. The SMILES string of the molecule is COc1ccc(OCCC(=O)N2CCCCO2)cc1. The van der Waals surface area contributed by atoms with Crippen LogP contribution < -0.4 is 9.47 Å². The van der Waals surface area contributed by atoms with Gasteiger partial charge in [-0.2, -0.15) is 0 Å². The van der Waals surface area contributed by atoms with Crippen LogP contribution in [-0.2, 0) is 9.63 Å². The first-order chi connectivity index (χ1) is 9.29. The Labute approximate surface area is 113 Å². The molecule has 1 aromatic rings. The van der Waals surface area contributed by atoms with E-state index in [9.17, 15) is 4.79 Å². The zero-order valence-corrected chi connectivity index (χ0v) is 11.1. The van der Waals surface area contributed by atoms with Crippen LogP contribution in [0.25, 0.3) is 0 Å². The molecule has 1 aliphatic rings.